The van der Waals surface area contributed by atoms with Crippen molar-refractivity contribution < 1.29 is 8.42 Å². The van der Waals surface area contributed by atoms with Crippen molar-refractivity contribution >= 4 is 10.0 Å². The minimum Gasteiger partial charge on any atom is -0.330 e. The summed E-state index contributed by atoms with van der Waals surface area (Å²) in [7, 11) is -3.09. The van der Waals surface area contributed by atoms with Crippen LogP contribution in [0.5, 0.6) is 0 Å². The van der Waals surface area contributed by atoms with Crippen LogP contribution in [0, 0.1) is 5.92 Å². The topological polar surface area (TPSA) is 72.2 Å². The Morgan fingerprint density at radius 1 is 1.17 bits per heavy atom. The highest BCUT2D eigenvalue weighted by atomic mass is 32.2. The van der Waals surface area contributed by atoms with Gasteiger partial charge in [0.05, 0.1) is 5.75 Å². The van der Waals surface area contributed by atoms with Gasteiger partial charge in [-0.05, 0) is 51.0 Å². The lowest BCUT2D eigenvalue weighted by Gasteiger charge is -2.28. The van der Waals surface area contributed by atoms with E-state index in [4.69, 9.17) is 5.73 Å². The maximum Gasteiger partial charge on any atom is 0.211 e. The lowest BCUT2D eigenvalue weighted by molar-refractivity contribution is 0.297. The van der Waals surface area contributed by atoms with Gasteiger partial charge in [-0.1, -0.05) is 19.8 Å². The van der Waals surface area contributed by atoms with Gasteiger partial charge in [0.25, 0.3) is 0 Å². The molecule has 0 radical (unpaired) electrons. The Hall–Kier alpha value is -0.130. The third-order valence-electron chi connectivity index (χ3n) is 3.76. The zero-order chi connectivity index (χ0) is 13.4. The van der Waals surface area contributed by atoms with Crippen molar-refractivity contribution in [3.05, 3.63) is 0 Å². The molecule has 1 fully saturated rings. The lowest BCUT2D eigenvalue weighted by Crippen LogP contribution is -2.38. The van der Waals surface area contributed by atoms with E-state index >= 15 is 0 Å². The Morgan fingerprint density at radius 2 is 1.83 bits per heavy atom. The second kappa shape index (κ2) is 8.12. The van der Waals surface area contributed by atoms with Gasteiger partial charge < -0.3 is 5.73 Å². The van der Waals surface area contributed by atoms with E-state index in [1.54, 1.807) is 0 Å². The first-order valence-corrected chi connectivity index (χ1v) is 8.92. The van der Waals surface area contributed by atoms with Crippen molar-refractivity contribution in [2.75, 3.05) is 12.3 Å². The molecule has 18 heavy (non-hydrogen) atoms. The summed E-state index contributed by atoms with van der Waals surface area (Å²) in [6.07, 6.45) is 8.31. The van der Waals surface area contributed by atoms with E-state index < -0.39 is 10.0 Å². The largest absolute Gasteiger partial charge is 0.330 e. The van der Waals surface area contributed by atoms with E-state index in [2.05, 4.69) is 11.6 Å². The van der Waals surface area contributed by atoms with E-state index in [0.29, 0.717) is 13.0 Å². The molecule has 1 aliphatic carbocycles. The van der Waals surface area contributed by atoms with Gasteiger partial charge in [-0.15, -0.1) is 0 Å². The molecule has 0 aromatic carbocycles. The Balaban J connectivity index is 2.27. The molecule has 5 heteroatoms. The van der Waals surface area contributed by atoms with Crippen LogP contribution >= 0.6 is 0 Å². The van der Waals surface area contributed by atoms with Crippen molar-refractivity contribution in [3.63, 3.8) is 0 Å². The molecule has 0 heterocycles. The predicted octanol–water partition coefficient (Wildman–Crippen LogP) is 2.00. The van der Waals surface area contributed by atoms with Crippen LogP contribution < -0.4 is 10.5 Å². The highest BCUT2D eigenvalue weighted by Crippen LogP contribution is 2.28. The minimum absolute atomic E-state index is 0.168. The molecule has 0 bridgehead atoms. The Bertz CT molecular complexity index is 309. The summed E-state index contributed by atoms with van der Waals surface area (Å²) in [5.41, 5.74) is 5.37. The zero-order valence-electron chi connectivity index (χ0n) is 11.5. The molecule has 1 saturated carbocycles. The van der Waals surface area contributed by atoms with Gasteiger partial charge in [0.2, 0.25) is 10.0 Å². The van der Waals surface area contributed by atoms with Crippen LogP contribution in [0.3, 0.4) is 0 Å². The van der Waals surface area contributed by atoms with Gasteiger partial charge in [-0.25, -0.2) is 13.1 Å². The third kappa shape index (κ3) is 6.16. The summed E-state index contributed by atoms with van der Waals surface area (Å²) in [5.74, 6) is 1.03. The molecule has 0 aromatic heterocycles. The zero-order valence-corrected chi connectivity index (χ0v) is 12.3. The van der Waals surface area contributed by atoms with E-state index in [-0.39, 0.29) is 11.8 Å². The maximum atomic E-state index is 11.8. The fourth-order valence-corrected chi connectivity index (χ4v) is 4.17. The molecular formula is C13H28N2O2S. The van der Waals surface area contributed by atoms with Crippen molar-refractivity contribution in [1.82, 2.24) is 4.72 Å². The number of unbranched alkanes of at least 4 members (excludes halogenated alkanes) is 1. The Labute approximate surface area is 112 Å². The molecule has 1 aliphatic rings. The molecular weight excluding hydrogens is 248 g/mol. The quantitative estimate of drug-likeness (QED) is 0.666. The molecule has 0 aromatic rings. The number of sulfonamides is 1. The number of rotatable bonds is 8. The molecule has 1 rings (SSSR count). The van der Waals surface area contributed by atoms with Crippen molar-refractivity contribution in [3.8, 4) is 0 Å². The van der Waals surface area contributed by atoms with Crippen LogP contribution in [0.2, 0.25) is 0 Å². The van der Waals surface area contributed by atoms with Gasteiger partial charge in [-0.2, -0.15) is 0 Å². The normalized spacial score (nSPS) is 25.2. The first-order valence-electron chi connectivity index (χ1n) is 7.27. The molecule has 0 atom stereocenters. The van der Waals surface area contributed by atoms with Gasteiger partial charge >= 0.3 is 0 Å². The first kappa shape index (κ1) is 15.9. The van der Waals surface area contributed by atoms with Crippen molar-refractivity contribution in [2.24, 2.45) is 11.7 Å². The van der Waals surface area contributed by atoms with Crippen LogP contribution in [0.1, 0.15) is 58.3 Å². The average Bonchev–Trinajstić information content (AvgIpc) is 2.32. The number of hydrogen-bond donors (Lipinski definition) is 2. The fourth-order valence-electron chi connectivity index (χ4n) is 2.73. The third-order valence-corrected chi connectivity index (χ3v) is 5.28. The molecule has 3 N–H and O–H groups in total. The standard InChI is InChI=1S/C13H28N2O2S/c1-2-5-12-6-8-13(9-7-12)15-18(16,17)11-4-3-10-14/h12-13,15H,2-11,14H2,1H3. The molecule has 0 saturated heterocycles. The number of hydrogen-bond acceptors (Lipinski definition) is 3. The van der Waals surface area contributed by atoms with E-state index in [1.807, 2.05) is 0 Å². The number of nitrogens with one attached hydrogen (secondary N) is 1. The highest BCUT2D eigenvalue weighted by Gasteiger charge is 2.23. The van der Waals surface area contributed by atoms with Gasteiger partial charge in [0, 0.05) is 6.04 Å². The molecule has 0 amide bonds. The highest BCUT2D eigenvalue weighted by molar-refractivity contribution is 7.89. The first-order chi connectivity index (χ1) is 8.57. The van der Waals surface area contributed by atoms with Crippen LogP contribution in [0.25, 0.3) is 0 Å². The van der Waals surface area contributed by atoms with Crippen LogP contribution in [-0.2, 0) is 10.0 Å². The van der Waals surface area contributed by atoms with Crippen LogP contribution in [0.4, 0.5) is 0 Å². The van der Waals surface area contributed by atoms with E-state index in [1.165, 1.54) is 25.7 Å². The predicted molar refractivity (Wildman–Crippen MR) is 75.9 cm³/mol. The SMILES string of the molecule is CCCC1CCC(NS(=O)(=O)CCCCN)CC1. The summed E-state index contributed by atoms with van der Waals surface area (Å²) in [6, 6.07) is 0.168. The van der Waals surface area contributed by atoms with Gasteiger partial charge in [0.15, 0.2) is 0 Å². The Kier molecular flexibility index (Phi) is 7.19. The molecule has 108 valence electrons. The molecule has 0 unspecified atom stereocenters. The minimum atomic E-state index is -3.09. The maximum absolute atomic E-state index is 11.8. The molecule has 0 spiro atoms. The monoisotopic (exact) mass is 276 g/mol. The second-order valence-corrected chi connectivity index (χ2v) is 7.31. The molecule has 4 nitrogen and oxygen atoms in total. The van der Waals surface area contributed by atoms with E-state index in [9.17, 15) is 8.42 Å². The summed E-state index contributed by atoms with van der Waals surface area (Å²) in [4.78, 5) is 0. The summed E-state index contributed by atoms with van der Waals surface area (Å²) in [5, 5.41) is 0. The smallest absolute Gasteiger partial charge is 0.211 e. The molecule has 0 aliphatic heterocycles. The summed E-state index contributed by atoms with van der Waals surface area (Å²) < 4.78 is 26.5. The lowest BCUT2D eigenvalue weighted by atomic mass is 9.84. The van der Waals surface area contributed by atoms with Crippen LogP contribution in [-0.4, -0.2) is 26.8 Å². The van der Waals surface area contributed by atoms with Crippen LogP contribution in [0.15, 0.2) is 0 Å². The average molecular weight is 276 g/mol. The van der Waals surface area contributed by atoms with Crippen molar-refractivity contribution in [2.45, 2.75) is 64.3 Å². The fraction of sp³-hybridized carbons (Fsp3) is 1.00. The second-order valence-electron chi connectivity index (χ2n) is 5.44. The number of nitrogens with two attached hydrogens (primary N) is 1. The van der Waals surface area contributed by atoms with Gasteiger partial charge in [0.1, 0.15) is 0 Å². The van der Waals surface area contributed by atoms with Crippen molar-refractivity contribution in [1.29, 1.82) is 0 Å². The van der Waals surface area contributed by atoms with Gasteiger partial charge in [-0.3, -0.25) is 0 Å². The Morgan fingerprint density at radius 3 is 2.39 bits per heavy atom. The summed E-state index contributed by atoms with van der Waals surface area (Å²) >= 11 is 0. The van der Waals surface area contributed by atoms with E-state index in [0.717, 1.165) is 25.2 Å². The summed E-state index contributed by atoms with van der Waals surface area (Å²) in [6.45, 7) is 2.78.